The lowest BCUT2D eigenvalue weighted by Gasteiger charge is -2.13. The second-order valence-corrected chi connectivity index (χ2v) is 8.00. The van der Waals surface area contributed by atoms with Gasteiger partial charge in [-0.05, 0) is 49.7 Å². The summed E-state index contributed by atoms with van der Waals surface area (Å²) in [5.74, 6) is 0.595. The number of benzene rings is 2. The maximum Gasteiger partial charge on any atom is 0.416 e. The standard InChI is InChI=1S/C24H18F3N5O2/c1-13-10-28-12-32(13)18-8-16(7-17(9-18)24(25,26)27)23-30-20-4-3-15(5-21(20)31-23)6-22(33)19-11-29-34-14(19)2/h3-5,7-12H,6H2,1-2H3,(H,30,31). The van der Waals surface area contributed by atoms with Gasteiger partial charge in [0.25, 0.3) is 0 Å². The first-order chi connectivity index (χ1) is 16.2. The van der Waals surface area contributed by atoms with Crippen molar-refractivity contribution in [2.75, 3.05) is 0 Å². The van der Waals surface area contributed by atoms with Gasteiger partial charge in [-0.3, -0.25) is 4.79 Å². The van der Waals surface area contributed by atoms with Crippen molar-refractivity contribution in [3.8, 4) is 17.1 Å². The highest BCUT2D eigenvalue weighted by Gasteiger charge is 2.32. The van der Waals surface area contributed by atoms with Crippen molar-refractivity contribution < 1.29 is 22.5 Å². The van der Waals surface area contributed by atoms with Crippen LogP contribution < -0.4 is 0 Å². The molecule has 0 aliphatic rings. The first-order valence-corrected chi connectivity index (χ1v) is 10.3. The van der Waals surface area contributed by atoms with Gasteiger partial charge in [0.05, 0.1) is 34.7 Å². The highest BCUT2D eigenvalue weighted by molar-refractivity contribution is 5.98. The molecule has 2 aromatic carbocycles. The molecule has 0 saturated carbocycles. The third kappa shape index (κ3) is 3.98. The number of carbonyl (C=O) groups excluding carboxylic acids is 1. The van der Waals surface area contributed by atoms with Gasteiger partial charge in [0, 0.05) is 29.6 Å². The van der Waals surface area contributed by atoms with Crippen molar-refractivity contribution in [3.05, 3.63) is 83.3 Å². The summed E-state index contributed by atoms with van der Waals surface area (Å²) < 4.78 is 47.4. The van der Waals surface area contributed by atoms with E-state index < -0.39 is 11.7 Å². The van der Waals surface area contributed by atoms with E-state index in [1.54, 1.807) is 48.9 Å². The Bertz CT molecular complexity index is 1530. The number of H-pyrrole nitrogens is 1. The topological polar surface area (TPSA) is 89.6 Å². The van der Waals surface area contributed by atoms with E-state index in [0.717, 1.165) is 17.7 Å². The summed E-state index contributed by atoms with van der Waals surface area (Å²) in [4.78, 5) is 24.1. The van der Waals surface area contributed by atoms with Gasteiger partial charge in [0.15, 0.2) is 5.78 Å². The van der Waals surface area contributed by atoms with E-state index in [-0.39, 0.29) is 17.8 Å². The van der Waals surface area contributed by atoms with Crippen LogP contribution in [-0.2, 0) is 12.6 Å². The number of aromatic amines is 1. The lowest BCUT2D eigenvalue weighted by atomic mass is 10.0. The lowest BCUT2D eigenvalue weighted by molar-refractivity contribution is -0.137. The summed E-state index contributed by atoms with van der Waals surface area (Å²) in [7, 11) is 0. The van der Waals surface area contributed by atoms with Crippen molar-refractivity contribution in [3.63, 3.8) is 0 Å². The molecule has 172 valence electrons. The molecule has 3 heterocycles. The molecule has 0 saturated heterocycles. The fourth-order valence-electron chi connectivity index (χ4n) is 3.83. The van der Waals surface area contributed by atoms with Gasteiger partial charge in [-0.1, -0.05) is 11.2 Å². The van der Waals surface area contributed by atoms with Crippen LogP contribution in [0.1, 0.15) is 32.9 Å². The highest BCUT2D eigenvalue weighted by atomic mass is 19.4. The van der Waals surface area contributed by atoms with E-state index in [0.29, 0.717) is 39.6 Å². The summed E-state index contributed by atoms with van der Waals surface area (Å²) in [5, 5.41) is 3.63. The number of rotatable bonds is 5. The predicted molar refractivity (Wildman–Crippen MR) is 118 cm³/mol. The molecule has 0 unspecified atom stereocenters. The largest absolute Gasteiger partial charge is 0.416 e. The number of nitrogens with one attached hydrogen (secondary N) is 1. The van der Waals surface area contributed by atoms with Crippen molar-refractivity contribution in [2.45, 2.75) is 26.4 Å². The first-order valence-electron chi connectivity index (χ1n) is 10.3. The monoisotopic (exact) mass is 465 g/mol. The van der Waals surface area contributed by atoms with E-state index in [2.05, 4.69) is 20.1 Å². The van der Waals surface area contributed by atoms with Gasteiger partial charge >= 0.3 is 6.18 Å². The van der Waals surface area contributed by atoms with E-state index in [9.17, 15) is 18.0 Å². The number of fused-ring (bicyclic) bond motifs is 1. The zero-order valence-corrected chi connectivity index (χ0v) is 18.1. The van der Waals surface area contributed by atoms with E-state index in [1.165, 1.54) is 12.5 Å². The van der Waals surface area contributed by atoms with Crippen LogP contribution in [0.25, 0.3) is 28.1 Å². The fourth-order valence-corrected chi connectivity index (χ4v) is 3.83. The molecule has 0 aliphatic carbocycles. The van der Waals surface area contributed by atoms with Crippen LogP contribution in [0.3, 0.4) is 0 Å². The molecule has 0 atom stereocenters. The second-order valence-electron chi connectivity index (χ2n) is 8.00. The molecule has 0 bridgehead atoms. The Hall–Kier alpha value is -4.21. The number of nitrogens with zero attached hydrogens (tertiary/aromatic N) is 4. The third-order valence-corrected chi connectivity index (χ3v) is 5.58. The minimum Gasteiger partial charge on any atom is -0.361 e. The van der Waals surface area contributed by atoms with Gasteiger partial charge < -0.3 is 14.1 Å². The maximum atomic E-state index is 13.6. The third-order valence-electron chi connectivity index (χ3n) is 5.58. The number of alkyl halides is 3. The molecule has 5 aromatic rings. The van der Waals surface area contributed by atoms with Crippen LogP contribution in [0.15, 0.2) is 59.6 Å². The molecule has 0 aliphatic heterocycles. The number of ketones is 1. The molecule has 1 N–H and O–H groups in total. The average Bonchev–Trinajstić information content (AvgIpc) is 3.51. The SMILES string of the molecule is Cc1oncc1C(=O)Cc1ccc2nc(-c3cc(-n4cncc4C)cc(C(F)(F)F)c3)[nH]c2c1. The van der Waals surface area contributed by atoms with Gasteiger partial charge in [0.2, 0.25) is 0 Å². The fraction of sp³-hybridized carbons (Fsp3) is 0.167. The number of hydrogen-bond acceptors (Lipinski definition) is 5. The second kappa shape index (κ2) is 7.98. The minimum absolute atomic E-state index is 0.125. The van der Waals surface area contributed by atoms with Crippen molar-refractivity contribution in [1.82, 2.24) is 24.7 Å². The molecule has 3 aromatic heterocycles. The Morgan fingerprint density at radius 2 is 1.94 bits per heavy atom. The van der Waals surface area contributed by atoms with E-state index in [4.69, 9.17) is 4.52 Å². The highest BCUT2D eigenvalue weighted by Crippen LogP contribution is 2.34. The van der Waals surface area contributed by atoms with Crippen molar-refractivity contribution in [1.29, 1.82) is 0 Å². The minimum atomic E-state index is -4.53. The average molecular weight is 465 g/mol. The number of aryl methyl sites for hydroxylation is 2. The molecule has 0 spiro atoms. The number of hydrogen-bond donors (Lipinski definition) is 1. The maximum absolute atomic E-state index is 13.6. The number of carbonyl (C=O) groups is 1. The summed E-state index contributed by atoms with van der Waals surface area (Å²) in [6.45, 7) is 3.43. The van der Waals surface area contributed by atoms with E-state index >= 15 is 0 Å². The molecule has 0 fully saturated rings. The summed E-state index contributed by atoms with van der Waals surface area (Å²) >= 11 is 0. The van der Waals surface area contributed by atoms with Crippen molar-refractivity contribution >= 4 is 16.8 Å². The summed E-state index contributed by atoms with van der Waals surface area (Å²) in [6, 6.07) is 9.03. The Kier molecular flexibility index (Phi) is 5.07. The van der Waals surface area contributed by atoms with Gasteiger partial charge in [-0.25, -0.2) is 9.97 Å². The Morgan fingerprint density at radius 1 is 1.12 bits per heavy atom. The van der Waals surface area contributed by atoms with Crippen LogP contribution in [-0.4, -0.2) is 30.5 Å². The van der Waals surface area contributed by atoms with Crippen LogP contribution in [0, 0.1) is 13.8 Å². The van der Waals surface area contributed by atoms with Gasteiger partial charge in [0.1, 0.15) is 11.6 Å². The molecule has 5 rings (SSSR count). The van der Waals surface area contributed by atoms with E-state index in [1.807, 2.05) is 0 Å². The lowest BCUT2D eigenvalue weighted by Crippen LogP contribution is -2.07. The van der Waals surface area contributed by atoms with Crippen LogP contribution in [0.2, 0.25) is 0 Å². The number of halogens is 3. The molecule has 0 amide bonds. The summed E-state index contributed by atoms with van der Waals surface area (Å²) in [6.07, 6.45) is 0.0232. The Labute approximate surface area is 191 Å². The van der Waals surface area contributed by atoms with Crippen LogP contribution >= 0.6 is 0 Å². The quantitative estimate of drug-likeness (QED) is 0.348. The molecule has 0 radical (unpaired) electrons. The zero-order chi connectivity index (χ0) is 24.0. The molecule has 34 heavy (non-hydrogen) atoms. The normalized spacial score (nSPS) is 11.9. The first kappa shape index (κ1) is 21.6. The number of imidazole rings is 2. The molecule has 7 nitrogen and oxygen atoms in total. The van der Waals surface area contributed by atoms with Crippen LogP contribution in [0.4, 0.5) is 13.2 Å². The molecular weight excluding hydrogens is 447 g/mol. The molecule has 10 heteroatoms. The zero-order valence-electron chi connectivity index (χ0n) is 18.1. The van der Waals surface area contributed by atoms with Crippen LogP contribution in [0.5, 0.6) is 0 Å². The Morgan fingerprint density at radius 3 is 2.62 bits per heavy atom. The van der Waals surface area contributed by atoms with Crippen molar-refractivity contribution in [2.24, 2.45) is 0 Å². The number of Topliss-reactive ketones (excluding diaryl/α,β-unsaturated/α-hetero) is 1. The smallest absolute Gasteiger partial charge is 0.361 e. The number of aromatic nitrogens is 5. The van der Waals surface area contributed by atoms with Gasteiger partial charge in [-0.2, -0.15) is 13.2 Å². The predicted octanol–water partition coefficient (Wildman–Crippen LogP) is 5.46. The summed E-state index contributed by atoms with van der Waals surface area (Å²) in [5.41, 5.74) is 2.85. The molecular formula is C24H18F3N5O2. The van der Waals surface area contributed by atoms with Gasteiger partial charge in [-0.15, -0.1) is 0 Å². The Balaban J connectivity index is 1.53.